The number of hydrogen-bond donors (Lipinski definition) is 1. The highest BCUT2D eigenvalue weighted by Gasteiger charge is 2.31. The summed E-state index contributed by atoms with van der Waals surface area (Å²) < 4.78 is 5.52. The molecule has 0 radical (unpaired) electrons. The average molecular weight is 270 g/mol. The molecule has 2 heterocycles. The van der Waals surface area contributed by atoms with E-state index in [1.807, 2.05) is 6.20 Å². The number of benzene rings is 1. The largest absolute Gasteiger partial charge is 0.381 e. The molecule has 2 aromatic rings. The van der Waals surface area contributed by atoms with E-state index in [1.54, 1.807) is 0 Å². The summed E-state index contributed by atoms with van der Waals surface area (Å²) in [6.45, 7) is 4.21. The number of ether oxygens (including phenoxy) is 1. The Labute approximate surface area is 119 Å². The van der Waals surface area contributed by atoms with Crippen LogP contribution in [0, 0.1) is 5.92 Å². The first-order valence-electron chi connectivity index (χ1n) is 7.76. The molecule has 0 spiro atoms. The Balaban J connectivity index is 1.48. The normalized spacial score (nSPS) is 22.9. The van der Waals surface area contributed by atoms with Crippen LogP contribution in [0.1, 0.15) is 24.8 Å². The van der Waals surface area contributed by atoms with E-state index in [1.165, 1.54) is 42.3 Å². The summed E-state index contributed by atoms with van der Waals surface area (Å²) in [6.07, 6.45) is 6.00. The first-order valence-corrected chi connectivity index (χ1v) is 7.76. The number of aromatic nitrogens is 1. The van der Waals surface area contributed by atoms with Gasteiger partial charge in [-0.1, -0.05) is 6.07 Å². The molecule has 1 aliphatic heterocycles. The second-order valence-electron chi connectivity index (χ2n) is 6.29. The molecule has 3 nitrogen and oxygen atoms in total. The summed E-state index contributed by atoms with van der Waals surface area (Å²) in [5.41, 5.74) is 2.67. The van der Waals surface area contributed by atoms with Crippen LogP contribution in [-0.2, 0) is 11.3 Å². The lowest BCUT2D eigenvalue weighted by Crippen LogP contribution is -2.31. The second kappa shape index (κ2) is 5.23. The summed E-state index contributed by atoms with van der Waals surface area (Å²) in [7, 11) is 0. The average Bonchev–Trinajstić information content (AvgIpc) is 2.99. The molecule has 0 amide bonds. The van der Waals surface area contributed by atoms with Gasteiger partial charge in [-0.05, 0) is 54.3 Å². The third kappa shape index (κ3) is 2.60. The zero-order valence-corrected chi connectivity index (χ0v) is 11.8. The van der Waals surface area contributed by atoms with Crippen LogP contribution in [-0.4, -0.2) is 35.7 Å². The van der Waals surface area contributed by atoms with E-state index in [2.05, 4.69) is 34.1 Å². The third-order valence-corrected chi connectivity index (χ3v) is 4.58. The maximum Gasteiger partial charge on any atom is 0.0507 e. The van der Waals surface area contributed by atoms with Crippen molar-refractivity contribution in [1.82, 2.24) is 9.88 Å². The quantitative estimate of drug-likeness (QED) is 0.904. The Morgan fingerprint density at radius 2 is 2.15 bits per heavy atom. The van der Waals surface area contributed by atoms with Crippen LogP contribution in [0.3, 0.4) is 0 Å². The van der Waals surface area contributed by atoms with E-state index < -0.39 is 0 Å². The number of aromatic amines is 1. The Kier molecular flexibility index (Phi) is 3.25. The van der Waals surface area contributed by atoms with E-state index in [0.29, 0.717) is 0 Å². The molecular weight excluding hydrogens is 248 g/mol. The smallest absolute Gasteiger partial charge is 0.0507 e. The predicted octanol–water partition coefficient (Wildman–Crippen LogP) is 3.17. The summed E-state index contributed by atoms with van der Waals surface area (Å²) in [6, 6.07) is 9.77. The molecule has 1 aromatic carbocycles. The van der Waals surface area contributed by atoms with Crippen molar-refractivity contribution < 1.29 is 4.74 Å². The summed E-state index contributed by atoms with van der Waals surface area (Å²) in [4.78, 5) is 5.94. The molecule has 106 valence electrons. The Morgan fingerprint density at radius 1 is 1.20 bits per heavy atom. The van der Waals surface area contributed by atoms with Gasteiger partial charge in [0.1, 0.15) is 0 Å². The minimum Gasteiger partial charge on any atom is -0.381 e. The van der Waals surface area contributed by atoms with Crippen LogP contribution >= 0.6 is 0 Å². The van der Waals surface area contributed by atoms with Gasteiger partial charge in [0, 0.05) is 37.5 Å². The first kappa shape index (κ1) is 12.4. The van der Waals surface area contributed by atoms with Gasteiger partial charge in [-0.25, -0.2) is 0 Å². The van der Waals surface area contributed by atoms with Gasteiger partial charge >= 0.3 is 0 Å². The van der Waals surface area contributed by atoms with Crippen molar-refractivity contribution >= 4 is 10.9 Å². The van der Waals surface area contributed by atoms with Crippen molar-refractivity contribution in [1.29, 1.82) is 0 Å². The fraction of sp³-hybridized carbons (Fsp3) is 0.529. The van der Waals surface area contributed by atoms with Crippen LogP contribution in [0.25, 0.3) is 10.9 Å². The van der Waals surface area contributed by atoms with Gasteiger partial charge in [-0.2, -0.15) is 0 Å². The lowest BCUT2D eigenvalue weighted by molar-refractivity contribution is 0.161. The molecule has 1 aromatic heterocycles. The maximum absolute atomic E-state index is 5.52. The zero-order chi connectivity index (χ0) is 13.4. The molecule has 1 unspecified atom stereocenters. The number of rotatable bonds is 5. The van der Waals surface area contributed by atoms with E-state index in [4.69, 9.17) is 4.74 Å². The van der Waals surface area contributed by atoms with Crippen molar-refractivity contribution in [2.75, 3.05) is 19.8 Å². The van der Waals surface area contributed by atoms with Gasteiger partial charge in [0.05, 0.1) is 6.61 Å². The molecule has 1 saturated carbocycles. The minimum absolute atomic E-state index is 0.742. The monoisotopic (exact) mass is 270 g/mol. The summed E-state index contributed by atoms with van der Waals surface area (Å²) >= 11 is 0. The molecule has 0 bridgehead atoms. The molecule has 2 fully saturated rings. The molecule has 1 atom stereocenters. The lowest BCUT2D eigenvalue weighted by Gasteiger charge is -2.25. The topological polar surface area (TPSA) is 28.3 Å². The van der Waals surface area contributed by atoms with Gasteiger partial charge < -0.3 is 9.72 Å². The molecule has 4 rings (SSSR count). The standard InChI is InChI=1S/C17H22N2O/c1-4-17-15(5-7-18-17)9-13(1)10-19(16-2-3-16)11-14-6-8-20-12-14/h1,4-5,7,9,14,16,18H,2-3,6,8,10-12H2. The van der Waals surface area contributed by atoms with Crippen LogP contribution in [0.4, 0.5) is 0 Å². The fourth-order valence-corrected chi connectivity index (χ4v) is 3.28. The van der Waals surface area contributed by atoms with Gasteiger partial charge in [0.25, 0.3) is 0 Å². The van der Waals surface area contributed by atoms with Crippen LogP contribution in [0.2, 0.25) is 0 Å². The number of fused-ring (bicyclic) bond motifs is 1. The van der Waals surface area contributed by atoms with Crippen molar-refractivity contribution in [2.45, 2.75) is 31.8 Å². The van der Waals surface area contributed by atoms with Crippen molar-refractivity contribution in [3.8, 4) is 0 Å². The van der Waals surface area contributed by atoms with E-state index in [-0.39, 0.29) is 0 Å². The molecule has 2 aliphatic rings. The van der Waals surface area contributed by atoms with E-state index in [0.717, 1.165) is 31.7 Å². The fourth-order valence-electron chi connectivity index (χ4n) is 3.28. The van der Waals surface area contributed by atoms with Crippen molar-refractivity contribution in [3.63, 3.8) is 0 Å². The predicted molar refractivity (Wildman–Crippen MR) is 80.7 cm³/mol. The minimum atomic E-state index is 0.742. The van der Waals surface area contributed by atoms with Crippen LogP contribution in [0.15, 0.2) is 30.5 Å². The maximum atomic E-state index is 5.52. The van der Waals surface area contributed by atoms with E-state index >= 15 is 0 Å². The van der Waals surface area contributed by atoms with Gasteiger partial charge in [-0.3, -0.25) is 4.90 Å². The van der Waals surface area contributed by atoms with Gasteiger partial charge in [-0.15, -0.1) is 0 Å². The third-order valence-electron chi connectivity index (χ3n) is 4.58. The number of hydrogen-bond acceptors (Lipinski definition) is 2. The van der Waals surface area contributed by atoms with Crippen molar-refractivity contribution in [3.05, 3.63) is 36.0 Å². The summed E-state index contributed by atoms with van der Waals surface area (Å²) in [5, 5.41) is 1.32. The molecule has 3 heteroatoms. The highest BCUT2D eigenvalue weighted by molar-refractivity contribution is 5.79. The highest BCUT2D eigenvalue weighted by Crippen LogP contribution is 2.30. The van der Waals surface area contributed by atoms with Crippen LogP contribution in [0.5, 0.6) is 0 Å². The molecule has 1 saturated heterocycles. The Hall–Kier alpha value is -1.32. The van der Waals surface area contributed by atoms with Gasteiger partial charge in [0.15, 0.2) is 0 Å². The lowest BCUT2D eigenvalue weighted by atomic mass is 10.1. The molecule has 1 aliphatic carbocycles. The molecular formula is C17H22N2O. The molecule has 20 heavy (non-hydrogen) atoms. The van der Waals surface area contributed by atoms with Crippen LogP contribution < -0.4 is 0 Å². The SMILES string of the molecule is c1cc2cc(CN(CC3CCOC3)C3CC3)ccc2[nH]1. The zero-order valence-electron chi connectivity index (χ0n) is 11.8. The second-order valence-corrected chi connectivity index (χ2v) is 6.29. The molecule has 1 N–H and O–H groups in total. The summed E-state index contributed by atoms with van der Waals surface area (Å²) in [5.74, 6) is 0.742. The number of nitrogens with one attached hydrogen (secondary N) is 1. The first-order chi connectivity index (χ1) is 9.88. The number of H-pyrrole nitrogens is 1. The van der Waals surface area contributed by atoms with E-state index in [9.17, 15) is 0 Å². The Bertz CT molecular complexity index is 581. The highest BCUT2D eigenvalue weighted by atomic mass is 16.5. The number of nitrogens with zero attached hydrogens (tertiary/aromatic N) is 1. The van der Waals surface area contributed by atoms with Crippen molar-refractivity contribution in [2.24, 2.45) is 5.92 Å². The Morgan fingerprint density at radius 3 is 2.95 bits per heavy atom. The van der Waals surface area contributed by atoms with Gasteiger partial charge in [0.2, 0.25) is 0 Å².